The first-order valence-electron chi connectivity index (χ1n) is 9.69. The molecular formula is C22H23ClFN3O4S. The van der Waals surface area contributed by atoms with Gasteiger partial charge >= 0.3 is 0 Å². The zero-order chi connectivity index (χ0) is 23.3. The van der Waals surface area contributed by atoms with Crippen molar-refractivity contribution >= 4 is 27.5 Å². The summed E-state index contributed by atoms with van der Waals surface area (Å²) < 4.78 is 46.7. The molecule has 3 aromatic rings. The number of carbonyl (C=O) groups excluding carboxylic acids is 1. The number of likely N-dealkylation sites (N-methyl/N-ethyl adjacent to an activating group) is 1. The van der Waals surface area contributed by atoms with Crippen LogP contribution in [0.25, 0.3) is 0 Å². The Hall–Kier alpha value is -2.72. The van der Waals surface area contributed by atoms with Gasteiger partial charge in [0.2, 0.25) is 10.0 Å². The Bertz CT molecular complexity index is 1150. The summed E-state index contributed by atoms with van der Waals surface area (Å²) in [6, 6.07) is 12.8. The Kier molecular flexibility index (Phi) is 7.68. The van der Waals surface area contributed by atoms with Crippen molar-refractivity contribution in [2.24, 2.45) is 0 Å². The van der Waals surface area contributed by atoms with Gasteiger partial charge in [-0.1, -0.05) is 17.7 Å². The standard InChI is InChI=1S/C22H23ClFN3O4S/c1-27(2)20(21-18(23)6-3-7-19(21)24)14-25-22(28)15-8-10-17(11-9-15)32(29,30)26-13-16-5-4-12-31-16/h3-12,20,26H,13-14H2,1-2H3,(H,25,28). The van der Waals surface area contributed by atoms with Crippen molar-refractivity contribution in [2.75, 3.05) is 20.6 Å². The lowest BCUT2D eigenvalue weighted by atomic mass is 10.0. The molecule has 10 heteroatoms. The molecule has 0 aliphatic heterocycles. The van der Waals surface area contributed by atoms with E-state index in [1.807, 2.05) is 0 Å². The minimum atomic E-state index is -3.77. The van der Waals surface area contributed by atoms with Crippen LogP contribution in [0.5, 0.6) is 0 Å². The first kappa shape index (κ1) is 23.9. The van der Waals surface area contributed by atoms with E-state index in [0.717, 1.165) is 0 Å². The monoisotopic (exact) mass is 479 g/mol. The third kappa shape index (κ3) is 5.74. The van der Waals surface area contributed by atoms with Gasteiger partial charge < -0.3 is 14.6 Å². The molecule has 170 valence electrons. The van der Waals surface area contributed by atoms with Gasteiger partial charge in [0.05, 0.1) is 23.7 Å². The summed E-state index contributed by atoms with van der Waals surface area (Å²) in [6.45, 7) is 0.124. The van der Waals surface area contributed by atoms with Gasteiger partial charge in [-0.25, -0.2) is 17.5 Å². The topological polar surface area (TPSA) is 91.7 Å². The summed E-state index contributed by atoms with van der Waals surface area (Å²) in [6.07, 6.45) is 1.46. The number of rotatable bonds is 9. The molecule has 3 rings (SSSR count). The lowest BCUT2D eigenvalue weighted by molar-refractivity contribution is 0.0941. The van der Waals surface area contributed by atoms with Crippen molar-refractivity contribution in [3.05, 3.63) is 88.6 Å². The first-order chi connectivity index (χ1) is 15.2. The number of sulfonamides is 1. The molecule has 1 unspecified atom stereocenters. The molecular weight excluding hydrogens is 457 g/mol. The molecule has 2 N–H and O–H groups in total. The highest BCUT2D eigenvalue weighted by molar-refractivity contribution is 7.89. The molecule has 0 fully saturated rings. The second-order valence-corrected chi connectivity index (χ2v) is 9.43. The van der Waals surface area contributed by atoms with Crippen molar-refractivity contribution in [1.82, 2.24) is 14.9 Å². The highest BCUT2D eigenvalue weighted by Gasteiger charge is 2.22. The predicted octanol–water partition coefficient (Wildman–Crippen LogP) is 3.58. The van der Waals surface area contributed by atoms with Crippen LogP contribution in [0, 0.1) is 5.82 Å². The molecule has 1 heterocycles. The minimum absolute atomic E-state index is 0.0160. The maximum absolute atomic E-state index is 14.3. The molecule has 1 aromatic heterocycles. The largest absolute Gasteiger partial charge is 0.468 e. The highest BCUT2D eigenvalue weighted by Crippen LogP contribution is 2.28. The van der Waals surface area contributed by atoms with E-state index in [2.05, 4.69) is 10.0 Å². The quantitative estimate of drug-likeness (QED) is 0.489. The summed E-state index contributed by atoms with van der Waals surface area (Å²) in [7, 11) is -0.248. The molecule has 0 radical (unpaired) electrons. The van der Waals surface area contributed by atoms with Crippen molar-refractivity contribution in [3.8, 4) is 0 Å². The number of benzene rings is 2. The van der Waals surface area contributed by atoms with Gasteiger partial charge in [-0.2, -0.15) is 0 Å². The van der Waals surface area contributed by atoms with Gasteiger partial charge in [0.1, 0.15) is 11.6 Å². The zero-order valence-electron chi connectivity index (χ0n) is 17.5. The zero-order valence-corrected chi connectivity index (χ0v) is 19.1. The van der Waals surface area contributed by atoms with Crippen molar-refractivity contribution < 1.29 is 22.0 Å². The van der Waals surface area contributed by atoms with Gasteiger partial charge in [-0.3, -0.25) is 4.79 Å². The van der Waals surface area contributed by atoms with Gasteiger partial charge in [-0.15, -0.1) is 0 Å². The molecule has 0 saturated carbocycles. The van der Waals surface area contributed by atoms with Gasteiger partial charge in [-0.05, 0) is 62.6 Å². The van der Waals surface area contributed by atoms with E-state index < -0.39 is 27.8 Å². The maximum atomic E-state index is 14.3. The highest BCUT2D eigenvalue weighted by atomic mass is 35.5. The second kappa shape index (κ2) is 10.3. The number of hydrogen-bond donors (Lipinski definition) is 2. The Morgan fingerprint density at radius 1 is 1.12 bits per heavy atom. The van der Waals surface area contributed by atoms with Crippen LogP contribution in [-0.4, -0.2) is 39.9 Å². The number of nitrogens with zero attached hydrogens (tertiary/aromatic N) is 1. The molecule has 1 atom stereocenters. The number of amides is 1. The van der Waals surface area contributed by atoms with Crippen molar-refractivity contribution in [2.45, 2.75) is 17.5 Å². The minimum Gasteiger partial charge on any atom is -0.468 e. The van der Waals surface area contributed by atoms with Crippen LogP contribution in [0.15, 0.2) is 70.2 Å². The van der Waals surface area contributed by atoms with E-state index in [1.54, 1.807) is 37.2 Å². The summed E-state index contributed by atoms with van der Waals surface area (Å²) in [5.74, 6) is -0.395. The third-order valence-electron chi connectivity index (χ3n) is 4.86. The molecule has 7 nitrogen and oxygen atoms in total. The Morgan fingerprint density at radius 2 is 1.84 bits per heavy atom. The molecule has 0 saturated heterocycles. The van der Waals surface area contributed by atoms with E-state index in [0.29, 0.717) is 11.3 Å². The van der Waals surface area contributed by atoms with Crippen LogP contribution in [-0.2, 0) is 16.6 Å². The Balaban J connectivity index is 1.66. The number of carbonyl (C=O) groups is 1. The van der Waals surface area contributed by atoms with E-state index in [-0.39, 0.29) is 28.6 Å². The van der Waals surface area contributed by atoms with E-state index in [9.17, 15) is 17.6 Å². The average Bonchev–Trinajstić information content (AvgIpc) is 3.28. The SMILES string of the molecule is CN(C)C(CNC(=O)c1ccc(S(=O)(=O)NCc2ccco2)cc1)c1c(F)cccc1Cl. The van der Waals surface area contributed by atoms with Crippen LogP contribution >= 0.6 is 11.6 Å². The molecule has 0 aliphatic carbocycles. The molecule has 0 aliphatic rings. The number of halogens is 2. The molecule has 2 aromatic carbocycles. The maximum Gasteiger partial charge on any atom is 0.251 e. The summed E-state index contributed by atoms with van der Waals surface area (Å²) in [5, 5.41) is 3.02. The molecule has 0 spiro atoms. The second-order valence-electron chi connectivity index (χ2n) is 7.25. The van der Waals surface area contributed by atoms with Crippen molar-refractivity contribution in [3.63, 3.8) is 0 Å². The number of nitrogens with one attached hydrogen (secondary N) is 2. The average molecular weight is 480 g/mol. The van der Waals surface area contributed by atoms with Gasteiger partial charge in [0.15, 0.2) is 0 Å². The summed E-state index contributed by atoms with van der Waals surface area (Å²) in [5.41, 5.74) is 0.565. The van der Waals surface area contributed by atoms with E-state index in [1.165, 1.54) is 42.7 Å². The molecule has 1 amide bonds. The summed E-state index contributed by atoms with van der Waals surface area (Å²) in [4.78, 5) is 14.4. The number of hydrogen-bond acceptors (Lipinski definition) is 5. The lowest BCUT2D eigenvalue weighted by Gasteiger charge is -2.26. The Labute approximate surface area is 191 Å². The van der Waals surface area contributed by atoms with Crippen LogP contribution in [0.2, 0.25) is 5.02 Å². The van der Waals surface area contributed by atoms with Crippen LogP contribution in [0.3, 0.4) is 0 Å². The number of furan rings is 1. The fraction of sp³-hybridized carbons (Fsp3) is 0.227. The third-order valence-corrected chi connectivity index (χ3v) is 6.60. The smallest absolute Gasteiger partial charge is 0.251 e. The van der Waals surface area contributed by atoms with Crippen LogP contribution in [0.4, 0.5) is 4.39 Å². The Morgan fingerprint density at radius 3 is 2.44 bits per heavy atom. The predicted molar refractivity (Wildman–Crippen MR) is 119 cm³/mol. The molecule has 0 bridgehead atoms. The fourth-order valence-electron chi connectivity index (χ4n) is 3.11. The van der Waals surface area contributed by atoms with Crippen LogP contribution < -0.4 is 10.0 Å². The van der Waals surface area contributed by atoms with E-state index in [4.69, 9.17) is 16.0 Å². The lowest BCUT2D eigenvalue weighted by Crippen LogP contribution is -2.35. The van der Waals surface area contributed by atoms with Gasteiger partial charge in [0, 0.05) is 22.7 Å². The normalized spacial score (nSPS) is 12.7. The van der Waals surface area contributed by atoms with Crippen LogP contribution in [0.1, 0.15) is 27.7 Å². The van der Waals surface area contributed by atoms with Crippen molar-refractivity contribution in [1.29, 1.82) is 0 Å². The van der Waals surface area contributed by atoms with Gasteiger partial charge in [0.25, 0.3) is 5.91 Å². The first-order valence-corrected chi connectivity index (χ1v) is 11.6. The van der Waals surface area contributed by atoms with E-state index >= 15 is 0 Å². The molecule has 32 heavy (non-hydrogen) atoms. The summed E-state index contributed by atoms with van der Waals surface area (Å²) >= 11 is 6.17. The fourth-order valence-corrected chi connectivity index (χ4v) is 4.39.